The summed E-state index contributed by atoms with van der Waals surface area (Å²) in [5.41, 5.74) is 2.91. The summed E-state index contributed by atoms with van der Waals surface area (Å²) in [4.78, 5) is 2.62. The molecule has 0 radical (unpaired) electrons. The number of benzene rings is 1. The highest BCUT2D eigenvalue weighted by atomic mass is 15.1. The van der Waals surface area contributed by atoms with E-state index in [1.54, 1.807) is 0 Å². The normalized spacial score (nSPS) is 21.2. The van der Waals surface area contributed by atoms with Gasteiger partial charge in [-0.25, -0.2) is 0 Å². The molecule has 1 saturated heterocycles. The van der Waals surface area contributed by atoms with Crippen LogP contribution in [0.5, 0.6) is 0 Å². The van der Waals surface area contributed by atoms with Crippen LogP contribution in [-0.4, -0.2) is 30.6 Å². The third kappa shape index (κ3) is 4.07. The lowest BCUT2D eigenvalue weighted by molar-refractivity contribution is 0.175. The molecule has 2 aliphatic rings. The second-order valence-electron chi connectivity index (χ2n) is 6.57. The fourth-order valence-electron chi connectivity index (χ4n) is 3.11. The van der Waals surface area contributed by atoms with Crippen molar-refractivity contribution in [2.24, 2.45) is 5.92 Å². The first-order chi connectivity index (χ1) is 9.83. The zero-order valence-corrected chi connectivity index (χ0v) is 12.8. The highest BCUT2D eigenvalue weighted by Crippen LogP contribution is 2.22. The molecule has 0 atom stereocenters. The fourth-order valence-corrected chi connectivity index (χ4v) is 3.11. The van der Waals surface area contributed by atoms with Crippen molar-refractivity contribution < 1.29 is 0 Å². The highest BCUT2D eigenvalue weighted by Gasteiger charge is 2.24. The molecule has 1 aromatic carbocycles. The van der Waals surface area contributed by atoms with Gasteiger partial charge >= 0.3 is 0 Å². The van der Waals surface area contributed by atoms with Crippen LogP contribution in [0.2, 0.25) is 0 Å². The smallest absolute Gasteiger partial charge is 0.0233 e. The molecule has 2 fully saturated rings. The Bertz CT molecular complexity index is 400. The molecule has 0 aromatic heterocycles. The maximum atomic E-state index is 3.68. The van der Waals surface area contributed by atoms with E-state index in [4.69, 9.17) is 0 Å². The third-order valence-corrected chi connectivity index (χ3v) is 4.82. The van der Waals surface area contributed by atoms with Gasteiger partial charge in [0.05, 0.1) is 0 Å². The molecule has 3 rings (SSSR count). The molecule has 2 heteroatoms. The van der Waals surface area contributed by atoms with E-state index >= 15 is 0 Å². The molecule has 0 bridgehead atoms. The van der Waals surface area contributed by atoms with Crippen LogP contribution in [0.1, 0.15) is 43.7 Å². The first kappa shape index (κ1) is 14.1. The quantitative estimate of drug-likeness (QED) is 0.855. The summed E-state index contributed by atoms with van der Waals surface area (Å²) < 4.78 is 0. The van der Waals surface area contributed by atoms with Crippen molar-refractivity contribution in [3.8, 4) is 0 Å². The lowest BCUT2D eigenvalue weighted by Crippen LogP contribution is -2.37. The molecule has 1 aromatic rings. The largest absolute Gasteiger partial charge is 0.314 e. The van der Waals surface area contributed by atoms with Gasteiger partial charge in [-0.05, 0) is 68.8 Å². The summed E-state index contributed by atoms with van der Waals surface area (Å²) in [5, 5.41) is 3.68. The molecule has 1 saturated carbocycles. The first-order valence-electron chi connectivity index (χ1n) is 8.37. The zero-order chi connectivity index (χ0) is 13.8. The van der Waals surface area contributed by atoms with Crippen LogP contribution in [0.4, 0.5) is 0 Å². The van der Waals surface area contributed by atoms with Crippen LogP contribution >= 0.6 is 0 Å². The van der Waals surface area contributed by atoms with Crippen LogP contribution in [0.25, 0.3) is 0 Å². The minimum Gasteiger partial charge on any atom is -0.314 e. The second kappa shape index (κ2) is 6.73. The molecule has 20 heavy (non-hydrogen) atoms. The Morgan fingerprint density at radius 1 is 1.00 bits per heavy atom. The van der Waals surface area contributed by atoms with E-state index in [1.165, 1.54) is 56.4 Å². The van der Waals surface area contributed by atoms with Crippen LogP contribution in [0, 0.1) is 5.92 Å². The first-order valence-corrected chi connectivity index (χ1v) is 8.37. The van der Waals surface area contributed by atoms with E-state index in [2.05, 4.69) is 41.4 Å². The van der Waals surface area contributed by atoms with Gasteiger partial charge in [0.15, 0.2) is 0 Å². The summed E-state index contributed by atoms with van der Waals surface area (Å²) in [6.45, 7) is 7.14. The molecular weight excluding hydrogens is 244 g/mol. The Morgan fingerprint density at radius 2 is 1.65 bits per heavy atom. The molecular formula is C18H28N2. The molecule has 1 aliphatic carbocycles. The van der Waals surface area contributed by atoms with Crippen molar-refractivity contribution in [2.45, 2.75) is 51.6 Å². The monoisotopic (exact) mass is 272 g/mol. The molecule has 110 valence electrons. The van der Waals surface area contributed by atoms with E-state index < -0.39 is 0 Å². The van der Waals surface area contributed by atoms with Crippen molar-refractivity contribution in [3.63, 3.8) is 0 Å². The minimum absolute atomic E-state index is 0.866. The van der Waals surface area contributed by atoms with Crippen molar-refractivity contribution >= 4 is 0 Å². The number of hydrogen-bond donors (Lipinski definition) is 1. The average Bonchev–Trinajstić information content (AvgIpc) is 3.32. The number of rotatable bonds is 6. The van der Waals surface area contributed by atoms with Gasteiger partial charge in [0.1, 0.15) is 0 Å². The van der Waals surface area contributed by atoms with Gasteiger partial charge in [-0.3, -0.25) is 4.90 Å². The number of aryl methyl sites for hydroxylation is 1. The Hall–Kier alpha value is -0.860. The number of piperidine rings is 1. The van der Waals surface area contributed by atoms with Gasteiger partial charge in [-0.2, -0.15) is 0 Å². The number of hydrogen-bond acceptors (Lipinski definition) is 2. The fraction of sp³-hybridized carbons (Fsp3) is 0.667. The predicted octanol–water partition coefficient (Wildman–Crippen LogP) is 3.21. The topological polar surface area (TPSA) is 15.3 Å². The molecule has 0 amide bonds. The minimum atomic E-state index is 0.866. The van der Waals surface area contributed by atoms with Crippen molar-refractivity contribution in [1.82, 2.24) is 10.2 Å². The Labute approximate surface area is 123 Å². The number of nitrogens with one attached hydrogen (secondary N) is 1. The predicted molar refractivity (Wildman–Crippen MR) is 84.8 cm³/mol. The molecule has 0 unspecified atom stereocenters. The van der Waals surface area contributed by atoms with Gasteiger partial charge in [-0.1, -0.05) is 31.2 Å². The van der Waals surface area contributed by atoms with Crippen LogP contribution in [-0.2, 0) is 13.0 Å². The Kier molecular flexibility index (Phi) is 4.74. The van der Waals surface area contributed by atoms with Crippen molar-refractivity contribution in [1.29, 1.82) is 0 Å². The lowest BCUT2D eigenvalue weighted by Gasteiger charge is -2.32. The molecule has 1 aliphatic heterocycles. The lowest BCUT2D eigenvalue weighted by atomic mass is 9.96. The molecule has 1 N–H and O–H groups in total. The highest BCUT2D eigenvalue weighted by molar-refractivity contribution is 5.22. The summed E-state index contributed by atoms with van der Waals surface area (Å²) in [6, 6.07) is 10.0. The second-order valence-corrected chi connectivity index (χ2v) is 6.57. The van der Waals surface area contributed by atoms with E-state index in [1.807, 2.05) is 0 Å². The van der Waals surface area contributed by atoms with Crippen molar-refractivity contribution in [3.05, 3.63) is 35.4 Å². The Balaban J connectivity index is 1.40. The van der Waals surface area contributed by atoms with E-state index in [9.17, 15) is 0 Å². The van der Waals surface area contributed by atoms with E-state index in [0.29, 0.717) is 0 Å². The van der Waals surface area contributed by atoms with Gasteiger partial charge in [0, 0.05) is 12.6 Å². The summed E-state index contributed by atoms with van der Waals surface area (Å²) in [6.07, 6.45) is 6.69. The average molecular weight is 272 g/mol. The third-order valence-electron chi connectivity index (χ3n) is 4.82. The summed E-state index contributed by atoms with van der Waals surface area (Å²) in [5.74, 6) is 0.911. The molecule has 2 nitrogen and oxygen atoms in total. The maximum Gasteiger partial charge on any atom is 0.0233 e. The Morgan fingerprint density at radius 3 is 2.25 bits per heavy atom. The molecule has 1 heterocycles. The number of nitrogens with zero attached hydrogens (tertiary/aromatic N) is 1. The van der Waals surface area contributed by atoms with Gasteiger partial charge in [0.2, 0.25) is 0 Å². The van der Waals surface area contributed by atoms with Gasteiger partial charge < -0.3 is 5.32 Å². The summed E-state index contributed by atoms with van der Waals surface area (Å²) in [7, 11) is 0. The SMILES string of the molecule is CCc1ccc(CN2CCC(CNC3CC3)CC2)cc1. The van der Waals surface area contributed by atoms with Gasteiger partial charge in [-0.15, -0.1) is 0 Å². The maximum absolute atomic E-state index is 3.68. The zero-order valence-electron chi connectivity index (χ0n) is 12.8. The van der Waals surface area contributed by atoms with E-state index in [0.717, 1.165) is 24.9 Å². The standard InChI is InChI=1S/C18H28N2/c1-2-15-3-5-17(6-4-15)14-20-11-9-16(10-12-20)13-19-18-7-8-18/h3-6,16,18-19H,2,7-14H2,1H3. The van der Waals surface area contributed by atoms with Crippen LogP contribution < -0.4 is 5.32 Å². The van der Waals surface area contributed by atoms with Crippen molar-refractivity contribution in [2.75, 3.05) is 19.6 Å². The van der Waals surface area contributed by atoms with Crippen LogP contribution in [0.15, 0.2) is 24.3 Å². The molecule has 0 spiro atoms. The van der Waals surface area contributed by atoms with Gasteiger partial charge in [0.25, 0.3) is 0 Å². The summed E-state index contributed by atoms with van der Waals surface area (Å²) >= 11 is 0. The number of likely N-dealkylation sites (tertiary alicyclic amines) is 1. The van der Waals surface area contributed by atoms with Crippen LogP contribution in [0.3, 0.4) is 0 Å². The van der Waals surface area contributed by atoms with E-state index in [-0.39, 0.29) is 0 Å².